The van der Waals surface area contributed by atoms with E-state index in [0.29, 0.717) is 0 Å². The van der Waals surface area contributed by atoms with Crippen LogP contribution < -0.4 is 0 Å². The summed E-state index contributed by atoms with van der Waals surface area (Å²) in [6.45, 7) is 2.10. The Morgan fingerprint density at radius 1 is 1.33 bits per heavy atom. The summed E-state index contributed by atoms with van der Waals surface area (Å²) in [5.41, 5.74) is 0. The fourth-order valence-corrected chi connectivity index (χ4v) is 0.896. The van der Waals surface area contributed by atoms with Crippen molar-refractivity contribution >= 4 is 0 Å². The molecule has 0 aliphatic heterocycles. The first-order valence-electron chi connectivity index (χ1n) is 3.89. The van der Waals surface area contributed by atoms with Gasteiger partial charge >= 0.3 is 0 Å². The summed E-state index contributed by atoms with van der Waals surface area (Å²) in [4.78, 5) is 0. The SMILES string of the molecule is CCC#CCCC1CC1. The van der Waals surface area contributed by atoms with Gasteiger partial charge in [-0.05, 0) is 12.3 Å². The molecular weight excluding hydrogens is 108 g/mol. The Hall–Kier alpha value is -0.440. The predicted octanol–water partition coefficient (Wildman–Crippen LogP) is 2.59. The molecule has 0 aromatic rings. The van der Waals surface area contributed by atoms with Gasteiger partial charge in [-0.15, -0.1) is 11.8 Å². The lowest BCUT2D eigenvalue weighted by Gasteiger charge is -1.84. The van der Waals surface area contributed by atoms with Crippen LogP contribution in [0.15, 0.2) is 0 Å². The van der Waals surface area contributed by atoms with Crippen molar-refractivity contribution in [3.63, 3.8) is 0 Å². The summed E-state index contributed by atoms with van der Waals surface area (Å²) in [6, 6.07) is 0. The minimum absolute atomic E-state index is 1.02. The Labute approximate surface area is 57.7 Å². The zero-order chi connectivity index (χ0) is 6.53. The van der Waals surface area contributed by atoms with E-state index >= 15 is 0 Å². The minimum atomic E-state index is 1.02. The van der Waals surface area contributed by atoms with Crippen LogP contribution in [0, 0.1) is 17.8 Å². The average Bonchev–Trinajstić information content (AvgIpc) is 2.63. The Kier molecular flexibility index (Phi) is 2.64. The zero-order valence-corrected chi connectivity index (χ0v) is 6.11. The number of hydrogen-bond donors (Lipinski definition) is 0. The fraction of sp³-hybridized carbons (Fsp3) is 0.778. The van der Waals surface area contributed by atoms with Crippen molar-refractivity contribution in [1.29, 1.82) is 0 Å². The fourth-order valence-electron chi connectivity index (χ4n) is 0.896. The minimum Gasteiger partial charge on any atom is -0.104 e. The third kappa shape index (κ3) is 3.19. The van der Waals surface area contributed by atoms with E-state index < -0.39 is 0 Å². The standard InChI is InChI=1S/C9H14/c1-2-3-4-5-6-9-7-8-9/h9H,2,5-8H2,1H3. The highest BCUT2D eigenvalue weighted by molar-refractivity contribution is 4.98. The van der Waals surface area contributed by atoms with Gasteiger partial charge in [-0.25, -0.2) is 0 Å². The van der Waals surface area contributed by atoms with Crippen molar-refractivity contribution in [2.75, 3.05) is 0 Å². The van der Waals surface area contributed by atoms with Gasteiger partial charge in [0.1, 0.15) is 0 Å². The molecule has 0 saturated heterocycles. The molecule has 0 N–H and O–H groups in total. The molecule has 1 saturated carbocycles. The molecule has 0 unspecified atom stereocenters. The molecule has 0 heterocycles. The second-order valence-electron chi connectivity index (χ2n) is 2.69. The summed E-state index contributed by atoms with van der Waals surface area (Å²) in [5, 5.41) is 0. The smallest absolute Gasteiger partial charge is 0.00913 e. The Bertz CT molecular complexity index is 121. The van der Waals surface area contributed by atoms with E-state index in [9.17, 15) is 0 Å². The van der Waals surface area contributed by atoms with E-state index in [2.05, 4.69) is 18.8 Å². The molecule has 1 aliphatic rings. The van der Waals surface area contributed by atoms with E-state index in [-0.39, 0.29) is 0 Å². The molecule has 0 aromatic carbocycles. The Balaban J connectivity index is 1.91. The van der Waals surface area contributed by atoms with Gasteiger partial charge in [0.15, 0.2) is 0 Å². The molecule has 0 amide bonds. The highest BCUT2D eigenvalue weighted by Gasteiger charge is 2.19. The van der Waals surface area contributed by atoms with Gasteiger partial charge < -0.3 is 0 Å². The van der Waals surface area contributed by atoms with Gasteiger partial charge in [0.2, 0.25) is 0 Å². The summed E-state index contributed by atoms with van der Waals surface area (Å²) in [7, 11) is 0. The maximum Gasteiger partial charge on any atom is 0.00913 e. The van der Waals surface area contributed by atoms with Crippen LogP contribution in [0.5, 0.6) is 0 Å². The van der Waals surface area contributed by atoms with Crippen molar-refractivity contribution in [3.05, 3.63) is 0 Å². The first-order valence-corrected chi connectivity index (χ1v) is 3.89. The van der Waals surface area contributed by atoms with E-state index in [1.807, 2.05) is 0 Å². The summed E-state index contributed by atoms with van der Waals surface area (Å²) >= 11 is 0. The zero-order valence-electron chi connectivity index (χ0n) is 6.11. The number of rotatable bonds is 2. The molecule has 50 valence electrons. The van der Waals surface area contributed by atoms with Crippen LogP contribution in [0.25, 0.3) is 0 Å². The van der Waals surface area contributed by atoms with E-state index in [1.165, 1.54) is 19.3 Å². The van der Waals surface area contributed by atoms with Gasteiger partial charge in [0.25, 0.3) is 0 Å². The molecule has 0 heteroatoms. The van der Waals surface area contributed by atoms with Crippen molar-refractivity contribution < 1.29 is 0 Å². The van der Waals surface area contributed by atoms with Crippen LogP contribution in [-0.4, -0.2) is 0 Å². The highest BCUT2D eigenvalue weighted by atomic mass is 14.2. The summed E-state index contributed by atoms with van der Waals surface area (Å²) in [5.74, 6) is 7.29. The molecule has 1 fully saturated rings. The van der Waals surface area contributed by atoms with Crippen LogP contribution in [0.3, 0.4) is 0 Å². The number of hydrogen-bond acceptors (Lipinski definition) is 0. The van der Waals surface area contributed by atoms with Crippen LogP contribution in [0.2, 0.25) is 0 Å². The second-order valence-corrected chi connectivity index (χ2v) is 2.69. The van der Waals surface area contributed by atoms with Crippen molar-refractivity contribution in [1.82, 2.24) is 0 Å². The Morgan fingerprint density at radius 3 is 2.67 bits per heavy atom. The topological polar surface area (TPSA) is 0 Å². The van der Waals surface area contributed by atoms with Crippen LogP contribution in [-0.2, 0) is 0 Å². The summed E-state index contributed by atoms with van der Waals surface area (Å²) in [6.07, 6.45) is 6.44. The maximum absolute atomic E-state index is 3.16. The third-order valence-electron chi connectivity index (χ3n) is 1.68. The van der Waals surface area contributed by atoms with E-state index in [1.54, 1.807) is 0 Å². The van der Waals surface area contributed by atoms with Gasteiger partial charge in [0, 0.05) is 12.8 Å². The van der Waals surface area contributed by atoms with Crippen LogP contribution >= 0.6 is 0 Å². The van der Waals surface area contributed by atoms with E-state index in [4.69, 9.17) is 0 Å². The quantitative estimate of drug-likeness (QED) is 0.494. The first kappa shape index (κ1) is 6.68. The molecule has 0 spiro atoms. The lowest BCUT2D eigenvalue weighted by atomic mass is 10.2. The Morgan fingerprint density at radius 2 is 2.11 bits per heavy atom. The lowest BCUT2D eigenvalue weighted by Crippen LogP contribution is -1.72. The monoisotopic (exact) mass is 122 g/mol. The van der Waals surface area contributed by atoms with Gasteiger partial charge in [-0.2, -0.15) is 0 Å². The van der Waals surface area contributed by atoms with Gasteiger partial charge in [0.05, 0.1) is 0 Å². The lowest BCUT2D eigenvalue weighted by molar-refractivity contribution is 0.752. The highest BCUT2D eigenvalue weighted by Crippen LogP contribution is 2.33. The van der Waals surface area contributed by atoms with Crippen LogP contribution in [0.4, 0.5) is 0 Å². The maximum atomic E-state index is 3.16. The molecule has 0 bridgehead atoms. The molecule has 1 aliphatic carbocycles. The molecule has 0 atom stereocenters. The normalized spacial score (nSPS) is 16.6. The van der Waals surface area contributed by atoms with Crippen molar-refractivity contribution in [3.8, 4) is 11.8 Å². The van der Waals surface area contributed by atoms with Crippen molar-refractivity contribution in [2.45, 2.75) is 39.0 Å². The molecule has 0 nitrogen and oxygen atoms in total. The summed E-state index contributed by atoms with van der Waals surface area (Å²) < 4.78 is 0. The predicted molar refractivity (Wildman–Crippen MR) is 40.0 cm³/mol. The van der Waals surface area contributed by atoms with E-state index in [0.717, 1.165) is 18.8 Å². The average molecular weight is 122 g/mol. The molecule has 1 rings (SSSR count). The molecule has 9 heavy (non-hydrogen) atoms. The van der Waals surface area contributed by atoms with Crippen LogP contribution in [0.1, 0.15) is 39.0 Å². The largest absolute Gasteiger partial charge is 0.104 e. The van der Waals surface area contributed by atoms with Gasteiger partial charge in [-0.1, -0.05) is 19.8 Å². The van der Waals surface area contributed by atoms with Crippen molar-refractivity contribution in [2.24, 2.45) is 5.92 Å². The second kappa shape index (κ2) is 3.56. The third-order valence-corrected chi connectivity index (χ3v) is 1.68. The van der Waals surface area contributed by atoms with Gasteiger partial charge in [-0.3, -0.25) is 0 Å². The molecule has 0 aromatic heterocycles. The molecular formula is C9H14. The first-order chi connectivity index (χ1) is 4.43. The molecule has 0 radical (unpaired) electrons.